The van der Waals surface area contributed by atoms with E-state index in [-0.39, 0.29) is 0 Å². The molecule has 0 aliphatic carbocycles. The van der Waals surface area contributed by atoms with Crippen LogP contribution in [-0.2, 0) is 4.74 Å². The molecule has 1 atom stereocenters. The molecule has 0 aliphatic heterocycles. The largest absolute Gasteiger partial charge is 0.378 e. The minimum absolute atomic E-state index is 0.468. The van der Waals surface area contributed by atoms with Crippen molar-refractivity contribution in [3.63, 3.8) is 0 Å². The highest BCUT2D eigenvalue weighted by Gasteiger charge is 1.97. The molecule has 0 heterocycles. The molecule has 0 aromatic heterocycles. The van der Waals surface area contributed by atoms with Crippen LogP contribution in [0.5, 0.6) is 0 Å². The Balaban J connectivity index is 3.67. The third-order valence-electron chi connectivity index (χ3n) is 2.05. The van der Waals surface area contributed by atoms with Crippen LogP contribution in [0.3, 0.4) is 0 Å². The molecular formula is C12H23NO. The average molecular weight is 197 g/mol. The molecule has 2 nitrogen and oxygen atoms in total. The highest BCUT2D eigenvalue weighted by atomic mass is 16.5. The third-order valence-corrected chi connectivity index (χ3v) is 2.05. The Morgan fingerprint density at radius 1 is 1.36 bits per heavy atom. The number of ether oxygens (including phenoxy) is 1. The summed E-state index contributed by atoms with van der Waals surface area (Å²) in [7, 11) is 0. The monoisotopic (exact) mass is 197 g/mol. The van der Waals surface area contributed by atoms with Gasteiger partial charge in [-0.2, -0.15) is 0 Å². The fourth-order valence-electron chi connectivity index (χ4n) is 1.10. The van der Waals surface area contributed by atoms with Crippen molar-refractivity contribution in [2.24, 2.45) is 5.92 Å². The second-order valence-corrected chi connectivity index (χ2v) is 3.37. The van der Waals surface area contributed by atoms with Crippen molar-refractivity contribution in [2.75, 3.05) is 26.3 Å². The first kappa shape index (κ1) is 13.2. The summed E-state index contributed by atoms with van der Waals surface area (Å²) >= 11 is 0. The van der Waals surface area contributed by atoms with Gasteiger partial charge in [-0.15, -0.1) is 6.58 Å². The van der Waals surface area contributed by atoms with Gasteiger partial charge in [0.25, 0.3) is 0 Å². The number of hydrogen-bond acceptors (Lipinski definition) is 2. The molecule has 0 fully saturated rings. The van der Waals surface area contributed by atoms with Crippen molar-refractivity contribution >= 4 is 0 Å². The summed E-state index contributed by atoms with van der Waals surface area (Å²) in [6.07, 6.45) is 6.12. The lowest BCUT2D eigenvalue weighted by Crippen LogP contribution is -2.16. The van der Waals surface area contributed by atoms with Crippen LogP contribution in [-0.4, -0.2) is 31.2 Å². The van der Waals surface area contributed by atoms with E-state index in [1.54, 1.807) is 6.08 Å². The molecule has 0 unspecified atom stereocenters. The Kier molecular flexibility index (Phi) is 8.34. The lowest BCUT2D eigenvalue weighted by atomic mass is 10.2. The molecule has 0 rings (SSSR count). The van der Waals surface area contributed by atoms with Crippen LogP contribution in [0.4, 0.5) is 0 Å². The van der Waals surface area contributed by atoms with E-state index in [1.165, 1.54) is 0 Å². The summed E-state index contributed by atoms with van der Waals surface area (Å²) in [5.74, 6) is 0.468. The molecule has 0 spiro atoms. The van der Waals surface area contributed by atoms with E-state index in [4.69, 9.17) is 4.74 Å². The van der Waals surface area contributed by atoms with Crippen LogP contribution in [0.15, 0.2) is 24.9 Å². The van der Waals surface area contributed by atoms with E-state index in [9.17, 15) is 0 Å². The predicted octanol–water partition coefficient (Wildman–Crippen LogP) is 2.68. The highest BCUT2D eigenvalue weighted by molar-refractivity contribution is 4.86. The van der Waals surface area contributed by atoms with E-state index >= 15 is 0 Å². The first-order valence-corrected chi connectivity index (χ1v) is 5.35. The number of rotatable bonds is 8. The molecule has 2 heteroatoms. The Hall–Kier alpha value is -0.760. The molecule has 82 valence electrons. The Labute approximate surface area is 88.2 Å². The zero-order valence-electron chi connectivity index (χ0n) is 9.70. The summed E-state index contributed by atoms with van der Waals surface area (Å²) in [5.41, 5.74) is 0. The molecule has 0 aromatic carbocycles. The lowest BCUT2D eigenvalue weighted by molar-refractivity contribution is 0.142. The maximum absolute atomic E-state index is 5.36. The standard InChI is InChI=1S/C12H23NO/c1-5-10-14-11-12(4)8-9-13(6-2)7-3/h5,8-9,12H,1,6-7,10-11H2,2-4H3/b9-8+/t12-/m1/s1. The SMILES string of the molecule is C=CCOC[C@H](C)/C=C/N(CC)CC. The summed E-state index contributed by atoms with van der Waals surface area (Å²) in [6.45, 7) is 13.6. The van der Waals surface area contributed by atoms with Crippen molar-refractivity contribution in [1.82, 2.24) is 4.90 Å². The van der Waals surface area contributed by atoms with Crippen LogP contribution in [0.1, 0.15) is 20.8 Å². The van der Waals surface area contributed by atoms with Crippen LogP contribution in [0.25, 0.3) is 0 Å². The summed E-state index contributed by atoms with van der Waals surface area (Å²) in [4.78, 5) is 2.27. The zero-order chi connectivity index (χ0) is 10.8. The van der Waals surface area contributed by atoms with Gasteiger partial charge in [-0.3, -0.25) is 0 Å². The molecule has 0 aliphatic rings. The van der Waals surface area contributed by atoms with E-state index < -0.39 is 0 Å². The van der Waals surface area contributed by atoms with E-state index in [2.05, 4.69) is 44.5 Å². The van der Waals surface area contributed by atoms with Crippen LogP contribution >= 0.6 is 0 Å². The molecule has 0 radical (unpaired) electrons. The second kappa shape index (κ2) is 8.82. The van der Waals surface area contributed by atoms with Crippen molar-refractivity contribution in [3.8, 4) is 0 Å². The topological polar surface area (TPSA) is 12.5 Å². The number of hydrogen-bond donors (Lipinski definition) is 0. The van der Waals surface area contributed by atoms with Gasteiger partial charge in [-0.05, 0) is 26.0 Å². The quantitative estimate of drug-likeness (QED) is 0.438. The Morgan fingerprint density at radius 2 is 2.00 bits per heavy atom. The Bertz CT molecular complexity index is 162. The van der Waals surface area contributed by atoms with Gasteiger partial charge in [0.2, 0.25) is 0 Å². The molecule has 0 saturated carbocycles. The molecule has 0 bridgehead atoms. The van der Waals surface area contributed by atoms with Crippen LogP contribution in [0.2, 0.25) is 0 Å². The van der Waals surface area contributed by atoms with Gasteiger partial charge in [-0.1, -0.05) is 19.1 Å². The van der Waals surface area contributed by atoms with E-state index in [0.717, 1.165) is 19.7 Å². The normalized spacial score (nSPS) is 13.1. The van der Waals surface area contributed by atoms with Crippen molar-refractivity contribution in [3.05, 3.63) is 24.9 Å². The minimum atomic E-state index is 0.468. The van der Waals surface area contributed by atoms with Gasteiger partial charge < -0.3 is 9.64 Å². The molecule has 0 aromatic rings. The molecule has 14 heavy (non-hydrogen) atoms. The third kappa shape index (κ3) is 6.72. The van der Waals surface area contributed by atoms with Gasteiger partial charge in [0.1, 0.15) is 0 Å². The average Bonchev–Trinajstić information content (AvgIpc) is 2.20. The highest BCUT2D eigenvalue weighted by Crippen LogP contribution is 2.00. The zero-order valence-corrected chi connectivity index (χ0v) is 9.70. The maximum atomic E-state index is 5.36. The van der Waals surface area contributed by atoms with Gasteiger partial charge in [0.05, 0.1) is 13.2 Å². The first-order valence-electron chi connectivity index (χ1n) is 5.35. The maximum Gasteiger partial charge on any atom is 0.0645 e. The van der Waals surface area contributed by atoms with E-state index in [0.29, 0.717) is 12.5 Å². The fourth-order valence-corrected chi connectivity index (χ4v) is 1.10. The second-order valence-electron chi connectivity index (χ2n) is 3.37. The molecule has 0 N–H and O–H groups in total. The fraction of sp³-hybridized carbons (Fsp3) is 0.667. The molecular weight excluding hydrogens is 174 g/mol. The van der Waals surface area contributed by atoms with Gasteiger partial charge in [0.15, 0.2) is 0 Å². The van der Waals surface area contributed by atoms with Gasteiger partial charge in [-0.25, -0.2) is 0 Å². The van der Waals surface area contributed by atoms with Gasteiger partial charge in [0, 0.05) is 13.1 Å². The lowest BCUT2D eigenvalue weighted by Gasteiger charge is -2.16. The molecule has 0 amide bonds. The predicted molar refractivity (Wildman–Crippen MR) is 62.2 cm³/mol. The summed E-state index contributed by atoms with van der Waals surface area (Å²) < 4.78 is 5.36. The Morgan fingerprint density at radius 3 is 2.50 bits per heavy atom. The number of nitrogens with zero attached hydrogens (tertiary/aromatic N) is 1. The van der Waals surface area contributed by atoms with Gasteiger partial charge >= 0.3 is 0 Å². The summed E-state index contributed by atoms with van der Waals surface area (Å²) in [5, 5.41) is 0. The minimum Gasteiger partial charge on any atom is -0.378 e. The summed E-state index contributed by atoms with van der Waals surface area (Å²) in [6, 6.07) is 0. The van der Waals surface area contributed by atoms with Crippen molar-refractivity contribution < 1.29 is 4.74 Å². The van der Waals surface area contributed by atoms with Crippen molar-refractivity contribution in [2.45, 2.75) is 20.8 Å². The first-order chi connectivity index (χ1) is 6.74. The smallest absolute Gasteiger partial charge is 0.0645 e. The van der Waals surface area contributed by atoms with Crippen molar-refractivity contribution in [1.29, 1.82) is 0 Å². The van der Waals surface area contributed by atoms with E-state index in [1.807, 2.05) is 0 Å². The van der Waals surface area contributed by atoms with Crippen LogP contribution < -0.4 is 0 Å². The van der Waals surface area contributed by atoms with Crippen LogP contribution in [0, 0.1) is 5.92 Å². The molecule has 0 saturated heterocycles.